The number of nitrogens with one attached hydrogen (secondary N) is 4. The van der Waals surface area contributed by atoms with Gasteiger partial charge >= 0.3 is 18.2 Å². The predicted molar refractivity (Wildman–Crippen MR) is 202 cm³/mol. The molecule has 0 saturated heterocycles. The molecule has 0 spiro atoms. The number of aliphatic carboxylic acids is 1. The SMILES string of the molecule is CC(C)(C)OC(=O)N[C@H]1CCCC[C@H]1C(=O)O.CC(C)NC(=O)[C@@H]1CCCC[C@@H]1N.CC(C)NC(=O)[C@@H]1CCCC[C@@H]1NC(=O)OC(C)(C)C.Cl. The first-order valence-electron chi connectivity index (χ1n) is 18.7. The fourth-order valence-corrected chi connectivity index (χ4v) is 6.40. The number of amides is 4. The number of alkyl carbamates (subject to hydrolysis) is 2. The molecule has 0 bridgehead atoms. The van der Waals surface area contributed by atoms with Gasteiger partial charge in [-0.1, -0.05) is 38.5 Å². The first-order valence-corrected chi connectivity index (χ1v) is 18.7. The van der Waals surface area contributed by atoms with Gasteiger partial charge in [-0.05, 0) is 108 Å². The van der Waals surface area contributed by atoms with Crippen LogP contribution in [0.5, 0.6) is 0 Å². The fourth-order valence-electron chi connectivity index (χ4n) is 6.40. The number of halogens is 1. The molecule has 0 radical (unpaired) electrons. The molecule has 7 N–H and O–H groups in total. The highest BCUT2D eigenvalue weighted by Gasteiger charge is 2.34. The minimum Gasteiger partial charge on any atom is -0.481 e. The Kier molecular flexibility index (Phi) is 21.7. The third kappa shape index (κ3) is 20.7. The summed E-state index contributed by atoms with van der Waals surface area (Å²) in [5, 5.41) is 20.4. The maximum absolute atomic E-state index is 12.2. The zero-order valence-corrected chi connectivity index (χ0v) is 33.7. The van der Waals surface area contributed by atoms with Crippen LogP contribution in [0.1, 0.15) is 146 Å². The Balaban J connectivity index is 0.000000744. The highest BCUT2D eigenvalue weighted by molar-refractivity contribution is 5.85. The Hall–Kier alpha value is -2.80. The molecular formula is C37H70ClN5O8. The van der Waals surface area contributed by atoms with Crippen molar-refractivity contribution in [3.63, 3.8) is 0 Å². The lowest BCUT2D eigenvalue weighted by Gasteiger charge is -2.32. The van der Waals surface area contributed by atoms with E-state index in [0.717, 1.165) is 57.8 Å². The van der Waals surface area contributed by atoms with Crippen LogP contribution in [0, 0.1) is 17.8 Å². The number of ether oxygens (including phenoxy) is 2. The molecule has 3 saturated carbocycles. The van der Waals surface area contributed by atoms with Gasteiger partial charge in [0, 0.05) is 30.2 Å². The second-order valence-corrected chi connectivity index (χ2v) is 16.5. The third-order valence-corrected chi connectivity index (χ3v) is 8.61. The van der Waals surface area contributed by atoms with Crippen LogP contribution in [-0.2, 0) is 23.9 Å². The van der Waals surface area contributed by atoms with E-state index >= 15 is 0 Å². The molecule has 0 aromatic carbocycles. The molecule has 6 atom stereocenters. The van der Waals surface area contributed by atoms with E-state index in [4.69, 9.17) is 20.3 Å². The van der Waals surface area contributed by atoms with Gasteiger partial charge in [0.2, 0.25) is 11.8 Å². The van der Waals surface area contributed by atoms with Crippen molar-refractivity contribution in [2.24, 2.45) is 23.5 Å². The summed E-state index contributed by atoms with van der Waals surface area (Å²) in [5.74, 6) is -1.26. The molecule has 51 heavy (non-hydrogen) atoms. The Labute approximate surface area is 312 Å². The third-order valence-electron chi connectivity index (χ3n) is 8.61. The molecule has 0 aromatic rings. The van der Waals surface area contributed by atoms with Gasteiger partial charge in [-0.2, -0.15) is 0 Å². The summed E-state index contributed by atoms with van der Waals surface area (Å²) in [5.41, 5.74) is 4.82. The number of carboxylic acid groups (broad SMARTS) is 1. The van der Waals surface area contributed by atoms with Gasteiger partial charge in [-0.25, -0.2) is 9.59 Å². The summed E-state index contributed by atoms with van der Waals surface area (Å²) < 4.78 is 10.4. The summed E-state index contributed by atoms with van der Waals surface area (Å²) in [4.78, 5) is 58.3. The highest BCUT2D eigenvalue weighted by atomic mass is 35.5. The molecule has 3 fully saturated rings. The van der Waals surface area contributed by atoms with Crippen LogP contribution in [-0.4, -0.2) is 76.5 Å². The van der Waals surface area contributed by atoms with Gasteiger partial charge in [-0.15, -0.1) is 12.4 Å². The van der Waals surface area contributed by atoms with Crippen LogP contribution >= 0.6 is 12.4 Å². The zero-order valence-electron chi connectivity index (χ0n) is 32.9. The molecule has 0 unspecified atom stereocenters. The van der Waals surface area contributed by atoms with Crippen molar-refractivity contribution in [2.75, 3.05) is 0 Å². The van der Waals surface area contributed by atoms with Crippen LogP contribution in [0.2, 0.25) is 0 Å². The number of hydrogen-bond acceptors (Lipinski definition) is 8. The molecule has 4 amide bonds. The number of carbonyl (C=O) groups excluding carboxylic acids is 4. The van der Waals surface area contributed by atoms with Crippen molar-refractivity contribution >= 4 is 42.4 Å². The molecule has 0 heterocycles. The second-order valence-electron chi connectivity index (χ2n) is 16.5. The maximum Gasteiger partial charge on any atom is 0.407 e. The number of carbonyl (C=O) groups is 5. The molecule has 13 nitrogen and oxygen atoms in total. The Morgan fingerprint density at radius 1 is 0.588 bits per heavy atom. The van der Waals surface area contributed by atoms with E-state index in [1.165, 1.54) is 6.42 Å². The summed E-state index contributed by atoms with van der Waals surface area (Å²) in [6.45, 7) is 18.7. The van der Waals surface area contributed by atoms with Crippen molar-refractivity contribution in [1.29, 1.82) is 0 Å². The number of rotatable bonds is 7. The Bertz CT molecular complexity index is 1090. The lowest BCUT2D eigenvalue weighted by Crippen LogP contribution is -2.50. The number of hydrogen-bond donors (Lipinski definition) is 6. The quantitative estimate of drug-likeness (QED) is 0.176. The second kappa shape index (κ2) is 23.0. The summed E-state index contributed by atoms with van der Waals surface area (Å²) in [6, 6.07) is -0.0193. The van der Waals surface area contributed by atoms with Crippen molar-refractivity contribution in [1.82, 2.24) is 21.3 Å². The first kappa shape index (κ1) is 48.2. The summed E-state index contributed by atoms with van der Waals surface area (Å²) >= 11 is 0. The van der Waals surface area contributed by atoms with E-state index in [-0.39, 0.29) is 66.3 Å². The molecule has 3 rings (SSSR count). The van der Waals surface area contributed by atoms with Gasteiger partial charge in [-0.3, -0.25) is 14.4 Å². The van der Waals surface area contributed by atoms with E-state index in [1.807, 2.05) is 48.5 Å². The van der Waals surface area contributed by atoms with E-state index in [2.05, 4.69) is 21.3 Å². The van der Waals surface area contributed by atoms with Gasteiger partial charge in [0.25, 0.3) is 0 Å². The van der Waals surface area contributed by atoms with E-state index < -0.39 is 35.3 Å². The maximum atomic E-state index is 12.2. The molecule has 0 aromatic heterocycles. The molecular weight excluding hydrogens is 678 g/mol. The number of nitrogens with two attached hydrogens (primary N) is 1. The van der Waals surface area contributed by atoms with E-state index in [1.54, 1.807) is 20.8 Å². The van der Waals surface area contributed by atoms with E-state index in [0.29, 0.717) is 12.8 Å². The topological polar surface area (TPSA) is 198 Å². The fraction of sp³-hybridized carbons (Fsp3) is 0.865. The first-order chi connectivity index (χ1) is 23.1. The van der Waals surface area contributed by atoms with Crippen molar-refractivity contribution in [2.45, 2.75) is 188 Å². The van der Waals surface area contributed by atoms with Crippen molar-refractivity contribution in [3.05, 3.63) is 0 Å². The normalized spacial score (nSPS) is 24.9. The molecule has 0 aliphatic heterocycles. The summed E-state index contributed by atoms with van der Waals surface area (Å²) in [6.07, 6.45) is 10.2. The van der Waals surface area contributed by atoms with E-state index in [9.17, 15) is 24.0 Å². The minimum absolute atomic E-state index is 0. The zero-order chi connectivity index (χ0) is 38.2. The molecule has 3 aliphatic carbocycles. The molecule has 298 valence electrons. The molecule has 14 heteroatoms. The average molecular weight is 748 g/mol. The van der Waals surface area contributed by atoms with Crippen LogP contribution in [0.3, 0.4) is 0 Å². The van der Waals surface area contributed by atoms with Crippen molar-refractivity contribution < 1.29 is 38.6 Å². The van der Waals surface area contributed by atoms with Gasteiger partial charge < -0.3 is 41.6 Å². The minimum atomic E-state index is -0.842. The molecule has 3 aliphatic rings. The lowest BCUT2D eigenvalue weighted by atomic mass is 9.84. The highest BCUT2D eigenvalue weighted by Crippen LogP contribution is 2.27. The number of carboxylic acids is 1. The Morgan fingerprint density at radius 3 is 1.29 bits per heavy atom. The van der Waals surface area contributed by atoms with Crippen LogP contribution < -0.4 is 27.0 Å². The predicted octanol–water partition coefficient (Wildman–Crippen LogP) is 6.20. The largest absolute Gasteiger partial charge is 0.481 e. The monoisotopic (exact) mass is 747 g/mol. The van der Waals surface area contributed by atoms with Crippen LogP contribution in [0.15, 0.2) is 0 Å². The van der Waals surface area contributed by atoms with Crippen molar-refractivity contribution in [3.8, 4) is 0 Å². The standard InChI is InChI=1S/C15H28N2O3.C12H21NO4.C10H20N2O.ClH/c1-10(2)16-13(18)11-8-6-7-9-12(11)17-14(19)20-15(3,4)5;1-12(2,3)17-11(16)13-9-7-5-4-6-8(9)10(14)15;1-7(2)12-10(13)8-5-3-4-6-9(8)11;/h10-12H,6-9H2,1-5H3,(H,16,18)(H,17,19);8-9H,4-7H2,1-3H3,(H,13,16)(H,14,15);7-9H,3-6,11H2,1-2H3,(H,12,13);1H/t11-,12+;2*8-,9+;/m111./s1. The lowest BCUT2D eigenvalue weighted by molar-refractivity contribution is -0.143. The van der Waals surface area contributed by atoms with Crippen LogP contribution in [0.25, 0.3) is 0 Å². The average Bonchev–Trinajstić information content (AvgIpc) is 2.96. The Morgan fingerprint density at radius 2 is 0.922 bits per heavy atom. The van der Waals surface area contributed by atoms with Crippen LogP contribution in [0.4, 0.5) is 9.59 Å². The van der Waals surface area contributed by atoms with Gasteiger partial charge in [0.15, 0.2) is 0 Å². The summed E-state index contributed by atoms with van der Waals surface area (Å²) in [7, 11) is 0. The smallest absolute Gasteiger partial charge is 0.407 e. The van der Waals surface area contributed by atoms with Gasteiger partial charge in [0.05, 0.1) is 17.8 Å². The van der Waals surface area contributed by atoms with Gasteiger partial charge in [0.1, 0.15) is 11.2 Å².